The molecule has 1 aliphatic carbocycles. The van der Waals surface area contributed by atoms with Crippen LogP contribution >= 0.6 is 0 Å². The highest BCUT2D eigenvalue weighted by Gasteiger charge is 2.35. The van der Waals surface area contributed by atoms with Gasteiger partial charge in [-0.3, -0.25) is 9.69 Å². The van der Waals surface area contributed by atoms with Gasteiger partial charge in [0, 0.05) is 39.3 Å². The number of carbonyl (C=O) groups excluding carboxylic acids is 1. The summed E-state index contributed by atoms with van der Waals surface area (Å²) in [5.41, 5.74) is 0. The van der Waals surface area contributed by atoms with E-state index in [-0.39, 0.29) is 11.9 Å². The molecule has 2 fully saturated rings. The minimum atomic E-state index is 0.0308. The first-order chi connectivity index (χ1) is 8.11. The number of piperazine rings is 1. The molecule has 0 spiro atoms. The fraction of sp³-hybridized carbons (Fsp3) is 0.923. The maximum Gasteiger partial charge on any atom is 0.239 e. The van der Waals surface area contributed by atoms with Crippen LogP contribution in [0.2, 0.25) is 0 Å². The smallest absolute Gasteiger partial charge is 0.239 e. The number of hydrogen-bond donors (Lipinski definition) is 1. The Labute approximate surface area is 104 Å². The van der Waals surface area contributed by atoms with Crippen molar-refractivity contribution in [1.82, 2.24) is 15.1 Å². The Kier molecular flexibility index (Phi) is 4.05. The quantitative estimate of drug-likeness (QED) is 0.777. The fourth-order valence-electron chi connectivity index (χ4n) is 2.62. The Morgan fingerprint density at radius 3 is 2.41 bits per heavy atom. The number of nitrogens with one attached hydrogen (secondary N) is 1. The molecular formula is C13H25N3O. The van der Waals surface area contributed by atoms with Crippen LogP contribution in [-0.4, -0.2) is 61.0 Å². The van der Waals surface area contributed by atoms with Crippen molar-refractivity contribution in [3.63, 3.8) is 0 Å². The molecule has 2 aliphatic rings. The number of amides is 1. The first kappa shape index (κ1) is 12.8. The zero-order chi connectivity index (χ0) is 12.4. The van der Waals surface area contributed by atoms with Crippen molar-refractivity contribution in [3.8, 4) is 0 Å². The van der Waals surface area contributed by atoms with Crippen molar-refractivity contribution < 1.29 is 4.79 Å². The molecule has 0 bridgehead atoms. The Morgan fingerprint density at radius 1 is 1.29 bits per heavy atom. The van der Waals surface area contributed by atoms with E-state index in [1.807, 2.05) is 18.9 Å². The van der Waals surface area contributed by atoms with Crippen molar-refractivity contribution in [2.45, 2.75) is 38.8 Å². The number of likely N-dealkylation sites (N-methyl/N-ethyl adjacent to an activating group) is 1. The first-order valence-electron chi connectivity index (χ1n) is 6.82. The van der Waals surface area contributed by atoms with Gasteiger partial charge in [0.05, 0.1) is 6.04 Å². The molecule has 98 valence electrons. The van der Waals surface area contributed by atoms with Crippen LogP contribution in [0.25, 0.3) is 0 Å². The number of hydrogen-bond acceptors (Lipinski definition) is 3. The average molecular weight is 239 g/mol. The predicted octanol–water partition coefficient (Wildman–Crippen LogP) is 0.537. The topological polar surface area (TPSA) is 35.6 Å². The molecule has 0 aromatic heterocycles. The van der Waals surface area contributed by atoms with Crippen molar-refractivity contribution in [2.24, 2.45) is 5.92 Å². The van der Waals surface area contributed by atoms with Gasteiger partial charge in [-0.25, -0.2) is 0 Å². The zero-order valence-electron chi connectivity index (χ0n) is 11.3. The van der Waals surface area contributed by atoms with Gasteiger partial charge in [0.25, 0.3) is 0 Å². The molecule has 0 aromatic rings. The van der Waals surface area contributed by atoms with E-state index in [1.54, 1.807) is 0 Å². The summed E-state index contributed by atoms with van der Waals surface area (Å²) < 4.78 is 0. The summed E-state index contributed by atoms with van der Waals surface area (Å²) in [6, 6.07) is 0.441. The molecule has 0 aromatic carbocycles. The van der Waals surface area contributed by atoms with E-state index in [0.717, 1.165) is 32.1 Å². The molecule has 2 unspecified atom stereocenters. The van der Waals surface area contributed by atoms with Gasteiger partial charge in [-0.05, 0) is 32.6 Å². The first-order valence-corrected chi connectivity index (χ1v) is 6.82. The van der Waals surface area contributed by atoms with Gasteiger partial charge in [-0.15, -0.1) is 0 Å². The van der Waals surface area contributed by atoms with Gasteiger partial charge < -0.3 is 10.2 Å². The van der Waals surface area contributed by atoms with Gasteiger partial charge in [-0.1, -0.05) is 0 Å². The molecule has 1 saturated carbocycles. The molecular weight excluding hydrogens is 214 g/mol. The van der Waals surface area contributed by atoms with Gasteiger partial charge >= 0.3 is 0 Å². The highest BCUT2D eigenvalue weighted by Crippen LogP contribution is 2.34. The minimum absolute atomic E-state index is 0.0308. The highest BCUT2D eigenvalue weighted by atomic mass is 16.2. The zero-order valence-corrected chi connectivity index (χ0v) is 11.3. The molecule has 4 heteroatoms. The lowest BCUT2D eigenvalue weighted by Crippen LogP contribution is -2.54. The molecule has 0 radical (unpaired) electrons. The van der Waals surface area contributed by atoms with Crippen LogP contribution in [-0.2, 0) is 4.79 Å². The molecule has 17 heavy (non-hydrogen) atoms. The third kappa shape index (κ3) is 2.99. The Bertz CT molecular complexity index is 272. The van der Waals surface area contributed by atoms with Crippen LogP contribution in [0.1, 0.15) is 26.7 Å². The second-order valence-corrected chi connectivity index (χ2v) is 5.49. The van der Waals surface area contributed by atoms with Gasteiger partial charge in [-0.2, -0.15) is 0 Å². The normalized spacial score (nSPS) is 25.4. The number of rotatable bonds is 4. The summed E-state index contributed by atoms with van der Waals surface area (Å²) in [6.07, 6.45) is 2.58. The van der Waals surface area contributed by atoms with Crippen LogP contribution in [0.5, 0.6) is 0 Å². The summed E-state index contributed by atoms with van der Waals surface area (Å²) in [4.78, 5) is 16.6. The van der Waals surface area contributed by atoms with E-state index < -0.39 is 0 Å². The summed E-state index contributed by atoms with van der Waals surface area (Å²) in [5, 5.41) is 3.32. The predicted molar refractivity (Wildman–Crippen MR) is 68.9 cm³/mol. The van der Waals surface area contributed by atoms with Crippen LogP contribution in [0, 0.1) is 5.92 Å². The van der Waals surface area contributed by atoms with Crippen molar-refractivity contribution >= 4 is 5.91 Å². The fourth-order valence-corrected chi connectivity index (χ4v) is 2.62. The van der Waals surface area contributed by atoms with E-state index in [0.29, 0.717) is 6.04 Å². The van der Waals surface area contributed by atoms with Crippen LogP contribution in [0.3, 0.4) is 0 Å². The molecule has 4 nitrogen and oxygen atoms in total. The van der Waals surface area contributed by atoms with Crippen molar-refractivity contribution in [1.29, 1.82) is 0 Å². The third-order valence-electron chi connectivity index (χ3n) is 4.32. The monoisotopic (exact) mass is 239 g/mol. The molecule has 1 heterocycles. The molecule has 1 aliphatic heterocycles. The number of nitrogens with zero attached hydrogens (tertiary/aromatic N) is 2. The number of carbonyl (C=O) groups is 1. The van der Waals surface area contributed by atoms with Crippen LogP contribution in [0.15, 0.2) is 0 Å². The van der Waals surface area contributed by atoms with E-state index in [4.69, 9.17) is 0 Å². The van der Waals surface area contributed by atoms with E-state index in [2.05, 4.69) is 17.1 Å². The minimum Gasteiger partial charge on any atom is -0.341 e. The molecule has 1 N–H and O–H groups in total. The maximum atomic E-state index is 12.4. The highest BCUT2D eigenvalue weighted by molar-refractivity contribution is 5.81. The molecule has 2 rings (SSSR count). The van der Waals surface area contributed by atoms with Crippen LogP contribution < -0.4 is 5.32 Å². The third-order valence-corrected chi connectivity index (χ3v) is 4.32. The SMILES string of the molecule is CC(C(=O)N(C)C(C)C1CC1)N1CCNCC1. The molecule has 2 atom stereocenters. The lowest BCUT2D eigenvalue weighted by atomic mass is 10.1. The van der Waals surface area contributed by atoms with Gasteiger partial charge in [0.2, 0.25) is 5.91 Å². The Hall–Kier alpha value is -0.610. The average Bonchev–Trinajstić information content (AvgIpc) is 3.20. The maximum absolute atomic E-state index is 12.4. The summed E-state index contributed by atoms with van der Waals surface area (Å²) >= 11 is 0. The van der Waals surface area contributed by atoms with Crippen LogP contribution in [0.4, 0.5) is 0 Å². The lowest BCUT2D eigenvalue weighted by molar-refractivity contribution is -0.137. The summed E-state index contributed by atoms with van der Waals surface area (Å²) in [7, 11) is 1.96. The van der Waals surface area contributed by atoms with E-state index >= 15 is 0 Å². The van der Waals surface area contributed by atoms with Crippen molar-refractivity contribution in [2.75, 3.05) is 33.2 Å². The Balaban J connectivity index is 1.88. The van der Waals surface area contributed by atoms with E-state index in [9.17, 15) is 4.79 Å². The standard InChI is InChI=1S/C13H25N3O/c1-10(12-4-5-12)15(3)13(17)11(2)16-8-6-14-7-9-16/h10-12,14H,4-9H2,1-3H3. The van der Waals surface area contributed by atoms with Gasteiger partial charge in [0.1, 0.15) is 0 Å². The van der Waals surface area contributed by atoms with Crippen molar-refractivity contribution in [3.05, 3.63) is 0 Å². The van der Waals surface area contributed by atoms with E-state index in [1.165, 1.54) is 12.8 Å². The molecule has 1 amide bonds. The second kappa shape index (κ2) is 5.36. The second-order valence-electron chi connectivity index (χ2n) is 5.49. The summed E-state index contributed by atoms with van der Waals surface area (Å²) in [6.45, 7) is 8.19. The lowest BCUT2D eigenvalue weighted by Gasteiger charge is -2.35. The summed E-state index contributed by atoms with van der Waals surface area (Å²) in [5.74, 6) is 1.03. The Morgan fingerprint density at radius 2 is 1.88 bits per heavy atom. The van der Waals surface area contributed by atoms with Gasteiger partial charge in [0.15, 0.2) is 0 Å². The largest absolute Gasteiger partial charge is 0.341 e. The molecule has 1 saturated heterocycles.